The van der Waals surface area contributed by atoms with Crippen LogP contribution in [-0.2, 0) is 21.4 Å². The Balaban J connectivity index is 0.951. The quantitative estimate of drug-likeness (QED) is 0.0669. The number of carboxylic acid groups (broad SMARTS) is 1. The summed E-state index contributed by atoms with van der Waals surface area (Å²) in [5.41, 5.74) is 5.27. The molecule has 0 spiro atoms. The van der Waals surface area contributed by atoms with Crippen LogP contribution in [-0.4, -0.2) is 87.4 Å². The van der Waals surface area contributed by atoms with Crippen LogP contribution < -0.4 is 15.5 Å². The maximum Gasteiger partial charge on any atom is 0.355 e. The number of rotatable bonds is 13. The van der Waals surface area contributed by atoms with Gasteiger partial charge in [-0.05, 0) is 109 Å². The lowest BCUT2D eigenvalue weighted by Gasteiger charge is -2.69. The number of carbonyl (C=O) groups is 2. The third-order valence-corrected chi connectivity index (χ3v) is 14.5. The number of nitrogens with one attached hydrogen (secondary N) is 2. The van der Waals surface area contributed by atoms with Crippen LogP contribution in [0.2, 0.25) is 0 Å². The van der Waals surface area contributed by atoms with Gasteiger partial charge in [0.2, 0.25) is 0 Å². The lowest BCUT2D eigenvalue weighted by Crippen LogP contribution is -2.64. The van der Waals surface area contributed by atoms with Gasteiger partial charge in [0.25, 0.3) is 10.1 Å². The molecular weight excluding hydrogens is 803 g/mol. The highest BCUT2D eigenvalue weighted by Gasteiger charge is 2.66. The normalized spacial score (nSPS) is 25.7. The van der Waals surface area contributed by atoms with Gasteiger partial charge in [-0.3, -0.25) is 19.5 Å². The van der Waals surface area contributed by atoms with Crippen LogP contribution in [0.5, 0.6) is 0 Å². The minimum atomic E-state index is -4.02. The van der Waals surface area contributed by atoms with E-state index in [2.05, 4.69) is 29.5 Å². The molecule has 14 nitrogen and oxygen atoms in total. The summed E-state index contributed by atoms with van der Waals surface area (Å²) in [6, 6.07) is 18.6. The summed E-state index contributed by atoms with van der Waals surface area (Å²) in [6.45, 7) is 8.68. The molecule has 5 aromatic rings. The smallest absolute Gasteiger partial charge is 0.355 e. The molecule has 5 aliphatic rings. The maximum atomic E-state index is 13.8. The number of carbonyl (C=O) groups excluding carboxylic acids is 1. The number of nitrogens with zero attached hydrogens (tertiary/aromatic N) is 5. The molecular formula is C44H49N7O7S2. The lowest BCUT2D eigenvalue weighted by molar-refractivity contribution is -0.247. The Morgan fingerprint density at radius 3 is 2.42 bits per heavy atom. The SMILES string of the molecule is Cc1c(-c2ccc(C3=Cc4ccccc4N(C(=O)Nc4nc5ccccc5s4)C3)nc2C(=O)O)cnn1CC12CC3(C)CC(C)(C1)CC(OCCNCCS(=O)(=O)O)(C3)C2. The Kier molecular flexibility index (Phi) is 10.0. The molecule has 4 bridgehead atoms. The number of aromatic nitrogens is 4. The van der Waals surface area contributed by atoms with Gasteiger partial charge in [0.1, 0.15) is 0 Å². The molecule has 3 aromatic heterocycles. The van der Waals surface area contributed by atoms with E-state index in [1.54, 1.807) is 17.2 Å². The van der Waals surface area contributed by atoms with Crippen LogP contribution >= 0.6 is 11.3 Å². The van der Waals surface area contributed by atoms with Crippen molar-refractivity contribution in [2.45, 2.75) is 71.4 Å². The summed E-state index contributed by atoms with van der Waals surface area (Å²) < 4.78 is 41.1. The predicted octanol–water partition coefficient (Wildman–Crippen LogP) is 7.77. The summed E-state index contributed by atoms with van der Waals surface area (Å²) in [5.74, 6) is -1.50. The van der Waals surface area contributed by atoms with E-state index in [-0.39, 0.29) is 52.4 Å². The zero-order valence-corrected chi connectivity index (χ0v) is 35.5. The van der Waals surface area contributed by atoms with Crippen LogP contribution in [0.25, 0.3) is 33.0 Å². The number of para-hydroxylation sites is 2. The molecule has 16 heteroatoms. The summed E-state index contributed by atoms with van der Waals surface area (Å²) >= 11 is 1.40. The lowest BCUT2D eigenvalue weighted by atomic mass is 9.39. The highest BCUT2D eigenvalue weighted by atomic mass is 32.2. The van der Waals surface area contributed by atoms with Gasteiger partial charge in [0.05, 0.1) is 52.3 Å². The van der Waals surface area contributed by atoms with Gasteiger partial charge in [0.15, 0.2) is 10.8 Å². The van der Waals surface area contributed by atoms with Crippen molar-refractivity contribution in [3.8, 4) is 11.1 Å². The summed E-state index contributed by atoms with van der Waals surface area (Å²) in [5, 5.41) is 22.0. The number of pyridine rings is 1. The molecule has 2 aromatic carbocycles. The molecule has 60 heavy (non-hydrogen) atoms. The summed E-state index contributed by atoms with van der Waals surface area (Å²) in [4.78, 5) is 37.7. The molecule has 0 radical (unpaired) electrons. The number of ether oxygens (including phenoxy) is 1. The van der Waals surface area contributed by atoms with Gasteiger partial charge >= 0.3 is 12.0 Å². The van der Waals surface area contributed by atoms with E-state index in [0.717, 1.165) is 65.7 Å². The Bertz CT molecular complexity index is 2620. The number of thiazole rings is 1. The molecule has 4 fully saturated rings. The van der Waals surface area contributed by atoms with E-state index >= 15 is 0 Å². The Morgan fingerprint density at radius 2 is 1.67 bits per heavy atom. The van der Waals surface area contributed by atoms with Gasteiger partial charge in [-0.25, -0.2) is 19.6 Å². The average Bonchev–Trinajstić information content (AvgIpc) is 3.75. The molecule has 4 saturated carbocycles. The summed E-state index contributed by atoms with van der Waals surface area (Å²) in [6.07, 6.45) is 9.76. The van der Waals surface area contributed by atoms with Crippen LogP contribution in [0.1, 0.15) is 79.8 Å². The Morgan fingerprint density at radius 1 is 0.917 bits per heavy atom. The summed E-state index contributed by atoms with van der Waals surface area (Å²) in [7, 11) is -4.02. The zero-order valence-electron chi connectivity index (χ0n) is 33.9. The van der Waals surface area contributed by atoms with Crippen molar-refractivity contribution in [1.82, 2.24) is 25.1 Å². The number of urea groups is 1. The fraction of sp³-hybridized carbons (Fsp3) is 0.432. The van der Waals surface area contributed by atoms with Gasteiger partial charge in [-0.2, -0.15) is 13.5 Å². The van der Waals surface area contributed by atoms with Crippen molar-refractivity contribution in [2.75, 3.05) is 42.2 Å². The number of fused-ring (bicyclic) bond motifs is 2. The second-order valence-corrected chi connectivity index (χ2v) is 20.8. The molecule has 2 amide bonds. The topological polar surface area (TPSA) is 189 Å². The first-order valence-corrected chi connectivity index (χ1v) is 22.8. The van der Waals surface area contributed by atoms with Gasteiger partial charge in [0, 0.05) is 36.5 Å². The molecule has 4 heterocycles. The number of carboxylic acids is 1. The van der Waals surface area contributed by atoms with E-state index in [1.165, 1.54) is 11.3 Å². The fourth-order valence-electron chi connectivity index (χ4n) is 11.8. The van der Waals surface area contributed by atoms with Crippen LogP contribution in [0, 0.1) is 23.2 Å². The molecule has 2 atom stereocenters. The minimum Gasteiger partial charge on any atom is -0.476 e. The van der Waals surface area contributed by atoms with Crippen molar-refractivity contribution in [2.24, 2.45) is 16.2 Å². The number of anilines is 2. The van der Waals surface area contributed by atoms with Crippen LogP contribution in [0.15, 0.2) is 66.9 Å². The van der Waals surface area contributed by atoms with Crippen molar-refractivity contribution in [3.63, 3.8) is 0 Å². The maximum absolute atomic E-state index is 13.8. The fourth-order valence-corrected chi connectivity index (χ4v) is 13.0. The number of hydrogen-bond acceptors (Lipinski definition) is 10. The number of benzene rings is 2. The van der Waals surface area contributed by atoms with Gasteiger partial charge < -0.3 is 15.2 Å². The van der Waals surface area contributed by atoms with E-state index in [9.17, 15) is 23.1 Å². The first-order chi connectivity index (χ1) is 28.5. The van der Waals surface area contributed by atoms with Crippen LogP contribution in [0.3, 0.4) is 0 Å². The molecule has 4 aliphatic carbocycles. The molecule has 10 rings (SSSR count). The molecule has 1 aliphatic heterocycles. The van der Waals surface area contributed by atoms with Crippen molar-refractivity contribution < 1.29 is 32.4 Å². The van der Waals surface area contributed by atoms with E-state index < -0.39 is 16.1 Å². The highest BCUT2D eigenvalue weighted by molar-refractivity contribution is 7.85. The van der Waals surface area contributed by atoms with Crippen molar-refractivity contribution in [1.29, 1.82) is 0 Å². The van der Waals surface area contributed by atoms with Crippen LogP contribution in [0.4, 0.5) is 15.6 Å². The van der Waals surface area contributed by atoms with E-state index in [1.807, 2.05) is 72.3 Å². The molecule has 2 unspecified atom stereocenters. The second kappa shape index (κ2) is 14.9. The first-order valence-electron chi connectivity index (χ1n) is 20.3. The first kappa shape index (κ1) is 40.4. The van der Waals surface area contributed by atoms with Gasteiger partial charge in [-0.15, -0.1) is 0 Å². The molecule has 0 saturated heterocycles. The number of hydrogen-bond donors (Lipinski definition) is 4. The van der Waals surface area contributed by atoms with E-state index in [4.69, 9.17) is 19.4 Å². The number of amides is 2. The predicted molar refractivity (Wildman–Crippen MR) is 232 cm³/mol. The number of aromatic carboxylic acids is 1. The average molecular weight is 852 g/mol. The standard InChI is InChI=1S/C44H49N7O7S2/c1-28-32(19-46-51(28)27-43-22-41(2)21-42(3,23-43)25-44(24-41,26-43)58-16-14-45-15-17-60(55,56)57)31-12-13-33(47-37(31)38(52)53)30-18-29-8-4-6-10-35(29)50(20-30)40(54)49-39-48-34-9-5-7-11-36(34)59-39/h4-13,18-19,45H,14-17,20-27H2,1-3H3,(H,52,53)(H,48,49,54)(H,55,56,57). The van der Waals surface area contributed by atoms with Crippen molar-refractivity contribution >= 4 is 66.1 Å². The third-order valence-electron chi connectivity index (χ3n) is 12.8. The third kappa shape index (κ3) is 7.86. The molecule has 4 N–H and O–H groups in total. The largest absolute Gasteiger partial charge is 0.476 e. The van der Waals surface area contributed by atoms with Gasteiger partial charge in [-0.1, -0.05) is 55.5 Å². The Hall–Kier alpha value is -5.00. The van der Waals surface area contributed by atoms with E-state index in [0.29, 0.717) is 47.2 Å². The minimum absolute atomic E-state index is 0.0720. The monoisotopic (exact) mass is 851 g/mol. The zero-order chi connectivity index (χ0) is 42.1. The Labute approximate surface area is 352 Å². The van der Waals surface area contributed by atoms with Crippen molar-refractivity contribution in [3.05, 3.63) is 89.5 Å². The second-order valence-electron chi connectivity index (χ2n) is 18.2. The molecule has 314 valence electrons. The highest BCUT2D eigenvalue weighted by Crippen LogP contribution is 2.72.